The second-order valence-corrected chi connectivity index (χ2v) is 9.90. The molecule has 0 atom stereocenters. The van der Waals surface area contributed by atoms with Gasteiger partial charge in [-0.3, -0.25) is 0 Å². The highest BCUT2D eigenvalue weighted by Crippen LogP contribution is 2.39. The Morgan fingerprint density at radius 2 is 0.971 bits per heavy atom. The molecule has 2 aromatic carbocycles. The fourth-order valence-electron chi connectivity index (χ4n) is 5.24. The van der Waals surface area contributed by atoms with Crippen molar-refractivity contribution in [2.75, 3.05) is 52.5 Å². The van der Waals surface area contributed by atoms with Gasteiger partial charge in [-0.25, -0.2) is 0 Å². The first-order valence-electron chi connectivity index (χ1n) is 14.1. The number of ether oxygens (including phenoxy) is 2. The van der Waals surface area contributed by atoms with E-state index in [1.165, 1.54) is 74.1 Å². The zero-order chi connectivity index (χ0) is 24.9. The quantitative estimate of drug-likeness (QED) is 0.182. The van der Waals surface area contributed by atoms with Gasteiger partial charge in [-0.15, -0.1) is 0 Å². The molecule has 0 amide bonds. The van der Waals surface area contributed by atoms with E-state index < -0.39 is 0 Å². The Morgan fingerprint density at radius 3 is 1.34 bits per heavy atom. The van der Waals surface area contributed by atoms with Crippen LogP contribution in [0.2, 0.25) is 0 Å². The first kappa shape index (κ1) is 27.5. The van der Waals surface area contributed by atoms with E-state index in [2.05, 4.69) is 73.9 Å². The van der Waals surface area contributed by atoms with Crippen molar-refractivity contribution in [3.05, 3.63) is 47.5 Å². The molecule has 3 rings (SSSR count). The first-order valence-corrected chi connectivity index (χ1v) is 14.1. The maximum Gasteiger partial charge on any atom is 0.119 e. The van der Waals surface area contributed by atoms with E-state index in [1.54, 1.807) is 0 Å². The second kappa shape index (κ2) is 15.2. The van der Waals surface area contributed by atoms with Crippen molar-refractivity contribution in [1.29, 1.82) is 0 Å². The lowest BCUT2D eigenvalue weighted by atomic mass is 10.1. The smallest absolute Gasteiger partial charge is 0.119 e. The molecule has 4 nitrogen and oxygen atoms in total. The van der Waals surface area contributed by atoms with Crippen molar-refractivity contribution in [3.8, 4) is 22.6 Å². The van der Waals surface area contributed by atoms with Crippen molar-refractivity contribution >= 4 is 0 Å². The first-order chi connectivity index (χ1) is 17.2. The summed E-state index contributed by atoms with van der Waals surface area (Å²) in [5, 5.41) is 0. The molecule has 0 heterocycles. The van der Waals surface area contributed by atoms with Crippen molar-refractivity contribution in [1.82, 2.24) is 9.80 Å². The molecule has 2 aromatic rings. The fraction of sp³-hybridized carbons (Fsp3) is 0.613. The van der Waals surface area contributed by atoms with Gasteiger partial charge in [0.15, 0.2) is 0 Å². The van der Waals surface area contributed by atoms with Gasteiger partial charge >= 0.3 is 0 Å². The van der Waals surface area contributed by atoms with E-state index >= 15 is 0 Å². The average Bonchev–Trinajstić information content (AvgIpc) is 3.22. The van der Waals surface area contributed by atoms with Gasteiger partial charge in [-0.2, -0.15) is 0 Å². The van der Waals surface area contributed by atoms with Crippen molar-refractivity contribution in [2.45, 2.75) is 72.6 Å². The molecule has 0 radical (unpaired) electrons. The largest absolute Gasteiger partial charge is 0.494 e. The predicted octanol–water partition coefficient (Wildman–Crippen LogP) is 7.04. The third kappa shape index (κ3) is 8.54. The van der Waals surface area contributed by atoms with E-state index in [0.29, 0.717) is 0 Å². The summed E-state index contributed by atoms with van der Waals surface area (Å²) in [6.07, 6.45) is 7.98. The molecule has 0 saturated heterocycles. The van der Waals surface area contributed by atoms with Gasteiger partial charge in [-0.05, 0) is 118 Å². The highest BCUT2D eigenvalue weighted by molar-refractivity contribution is 5.78. The molecule has 0 bridgehead atoms. The van der Waals surface area contributed by atoms with Gasteiger partial charge in [0.25, 0.3) is 0 Å². The summed E-state index contributed by atoms with van der Waals surface area (Å²) in [6, 6.07) is 13.2. The molecule has 0 N–H and O–H groups in total. The third-order valence-corrected chi connectivity index (χ3v) is 6.76. The average molecular weight is 481 g/mol. The standard InChI is InChI=1S/C31H48N2O2/c1-5-15-32(16-6-2)19-9-21-34-28-11-13-30-26(24-28)23-27-25-29(12-14-31(27)30)35-22-10-20-33(17-7-3)18-8-4/h11-14,24-25H,5-10,15-23H2,1-4H3. The van der Waals surface area contributed by atoms with Crippen LogP contribution in [0.4, 0.5) is 0 Å². The molecule has 1 aliphatic rings. The molecule has 0 unspecified atom stereocenters. The minimum absolute atomic E-state index is 0.779. The number of hydrogen-bond acceptors (Lipinski definition) is 4. The molecule has 0 fully saturated rings. The second-order valence-electron chi connectivity index (χ2n) is 9.90. The fourth-order valence-corrected chi connectivity index (χ4v) is 5.24. The number of benzene rings is 2. The maximum atomic E-state index is 6.12. The van der Waals surface area contributed by atoms with Crippen LogP contribution in [0.25, 0.3) is 11.1 Å². The van der Waals surface area contributed by atoms with Crippen LogP contribution in [0.5, 0.6) is 11.5 Å². The lowest BCUT2D eigenvalue weighted by molar-refractivity contribution is 0.234. The summed E-state index contributed by atoms with van der Waals surface area (Å²) >= 11 is 0. The monoisotopic (exact) mass is 480 g/mol. The molecule has 0 aromatic heterocycles. The van der Waals surface area contributed by atoms with E-state index in [1.807, 2.05) is 0 Å². The minimum Gasteiger partial charge on any atom is -0.494 e. The minimum atomic E-state index is 0.779. The molecule has 0 saturated carbocycles. The lowest BCUT2D eigenvalue weighted by Gasteiger charge is -2.20. The van der Waals surface area contributed by atoms with Crippen molar-refractivity contribution in [2.24, 2.45) is 0 Å². The van der Waals surface area contributed by atoms with Gasteiger partial charge < -0.3 is 19.3 Å². The van der Waals surface area contributed by atoms with E-state index in [-0.39, 0.29) is 0 Å². The third-order valence-electron chi connectivity index (χ3n) is 6.76. The number of hydrogen-bond donors (Lipinski definition) is 0. The molecule has 1 aliphatic carbocycles. The summed E-state index contributed by atoms with van der Waals surface area (Å²) < 4.78 is 12.2. The Bertz CT molecular complexity index is 799. The number of fused-ring (bicyclic) bond motifs is 3. The predicted molar refractivity (Wildman–Crippen MR) is 149 cm³/mol. The van der Waals surface area contributed by atoms with Crippen LogP contribution < -0.4 is 9.47 Å². The van der Waals surface area contributed by atoms with Crippen LogP contribution in [0.3, 0.4) is 0 Å². The van der Waals surface area contributed by atoms with Gasteiger partial charge in [0.1, 0.15) is 11.5 Å². The zero-order valence-electron chi connectivity index (χ0n) is 22.8. The van der Waals surface area contributed by atoms with Crippen LogP contribution in [-0.2, 0) is 6.42 Å². The Hall–Kier alpha value is -2.04. The van der Waals surface area contributed by atoms with Gasteiger partial charge in [0.05, 0.1) is 13.2 Å². The Morgan fingerprint density at radius 1 is 0.571 bits per heavy atom. The van der Waals surface area contributed by atoms with E-state index in [0.717, 1.165) is 57.1 Å². The van der Waals surface area contributed by atoms with Crippen LogP contribution >= 0.6 is 0 Å². The molecule has 0 aliphatic heterocycles. The Labute approximate surface area is 214 Å². The SMILES string of the molecule is CCCN(CCC)CCCOc1ccc2c(c1)Cc1cc(OCCCN(CCC)CCC)ccc1-2. The van der Waals surface area contributed by atoms with Crippen molar-refractivity contribution in [3.63, 3.8) is 0 Å². The van der Waals surface area contributed by atoms with E-state index in [4.69, 9.17) is 9.47 Å². The van der Waals surface area contributed by atoms with Crippen LogP contribution in [0.15, 0.2) is 36.4 Å². The van der Waals surface area contributed by atoms with Gasteiger partial charge in [0, 0.05) is 13.1 Å². The lowest BCUT2D eigenvalue weighted by Crippen LogP contribution is -2.27. The van der Waals surface area contributed by atoms with Crippen LogP contribution in [0.1, 0.15) is 77.3 Å². The normalized spacial score (nSPS) is 12.3. The summed E-state index contributed by atoms with van der Waals surface area (Å²) in [4.78, 5) is 5.10. The Balaban J connectivity index is 1.46. The van der Waals surface area contributed by atoms with Crippen LogP contribution in [-0.4, -0.2) is 62.3 Å². The number of nitrogens with zero attached hydrogens (tertiary/aromatic N) is 2. The van der Waals surface area contributed by atoms with Crippen molar-refractivity contribution < 1.29 is 9.47 Å². The van der Waals surface area contributed by atoms with Gasteiger partial charge in [-0.1, -0.05) is 39.8 Å². The van der Waals surface area contributed by atoms with E-state index in [9.17, 15) is 0 Å². The Kier molecular flexibility index (Phi) is 11.9. The molecule has 194 valence electrons. The number of rotatable bonds is 18. The highest BCUT2D eigenvalue weighted by atomic mass is 16.5. The highest BCUT2D eigenvalue weighted by Gasteiger charge is 2.19. The summed E-state index contributed by atoms with van der Waals surface area (Å²) in [6.45, 7) is 17.6. The molecular formula is C31H48N2O2. The molecular weight excluding hydrogens is 432 g/mol. The molecule has 35 heavy (non-hydrogen) atoms. The summed E-state index contributed by atoms with van der Waals surface area (Å²) in [7, 11) is 0. The zero-order valence-corrected chi connectivity index (χ0v) is 22.8. The molecule has 4 heteroatoms. The summed E-state index contributed by atoms with van der Waals surface area (Å²) in [5.74, 6) is 1.99. The topological polar surface area (TPSA) is 24.9 Å². The van der Waals surface area contributed by atoms with Crippen LogP contribution in [0, 0.1) is 0 Å². The maximum absolute atomic E-state index is 6.12. The molecule has 0 spiro atoms. The summed E-state index contributed by atoms with van der Waals surface area (Å²) in [5.41, 5.74) is 5.41. The van der Waals surface area contributed by atoms with Gasteiger partial charge in [0.2, 0.25) is 0 Å².